The zero-order valence-corrected chi connectivity index (χ0v) is 16.6. The summed E-state index contributed by atoms with van der Waals surface area (Å²) < 4.78 is 0. The van der Waals surface area contributed by atoms with Gasteiger partial charge in [-0.25, -0.2) is 0 Å². The number of carboxylic acid groups (broad SMARTS) is 1. The minimum Gasteiger partial charge on any atom is -0.481 e. The highest BCUT2D eigenvalue weighted by Gasteiger charge is 2.25. The van der Waals surface area contributed by atoms with Crippen LogP contribution >= 0.6 is 23.4 Å². The van der Waals surface area contributed by atoms with Crippen LogP contribution in [0.25, 0.3) is 5.57 Å². The maximum atomic E-state index is 11.4. The van der Waals surface area contributed by atoms with Crippen LogP contribution in [0.1, 0.15) is 29.5 Å². The van der Waals surface area contributed by atoms with Gasteiger partial charge in [-0.3, -0.25) is 9.69 Å². The Labute approximate surface area is 169 Å². The summed E-state index contributed by atoms with van der Waals surface area (Å²) in [5.74, 6) is 0.00370. The molecule has 1 unspecified atom stereocenters. The lowest BCUT2D eigenvalue weighted by Crippen LogP contribution is -2.38. The summed E-state index contributed by atoms with van der Waals surface area (Å²) in [6.07, 6.45) is 3.97. The Morgan fingerprint density at radius 3 is 2.96 bits per heavy atom. The molecule has 1 N–H and O–H groups in total. The van der Waals surface area contributed by atoms with Gasteiger partial charge in [-0.2, -0.15) is 0 Å². The van der Waals surface area contributed by atoms with Crippen molar-refractivity contribution >= 4 is 34.9 Å². The number of piperidine rings is 1. The lowest BCUT2D eigenvalue weighted by molar-refractivity contribution is -0.143. The van der Waals surface area contributed by atoms with E-state index >= 15 is 0 Å². The summed E-state index contributed by atoms with van der Waals surface area (Å²) in [6, 6.07) is 14.6. The van der Waals surface area contributed by atoms with Crippen LogP contribution in [-0.2, 0) is 10.5 Å². The first-order chi connectivity index (χ1) is 13.1. The lowest BCUT2D eigenvalue weighted by atomic mass is 9.93. The molecule has 5 heteroatoms. The van der Waals surface area contributed by atoms with Crippen molar-refractivity contribution in [1.82, 2.24) is 4.90 Å². The molecular formula is C22H22ClNO2S. The molecule has 27 heavy (non-hydrogen) atoms. The average molecular weight is 400 g/mol. The van der Waals surface area contributed by atoms with Crippen molar-refractivity contribution in [1.29, 1.82) is 0 Å². The summed E-state index contributed by atoms with van der Waals surface area (Å²) in [5, 5.41) is 10.1. The van der Waals surface area contributed by atoms with Crippen molar-refractivity contribution in [3.05, 3.63) is 70.3 Å². The quantitative estimate of drug-likeness (QED) is 0.772. The molecule has 2 aliphatic heterocycles. The summed E-state index contributed by atoms with van der Waals surface area (Å²) in [4.78, 5) is 14.8. The monoisotopic (exact) mass is 399 g/mol. The highest BCUT2D eigenvalue weighted by Crippen LogP contribution is 2.41. The molecule has 0 saturated carbocycles. The topological polar surface area (TPSA) is 40.5 Å². The summed E-state index contributed by atoms with van der Waals surface area (Å²) in [5.41, 5.74) is 4.94. The second-order valence-corrected chi connectivity index (χ2v) is 8.59. The van der Waals surface area contributed by atoms with Crippen LogP contribution in [-0.4, -0.2) is 35.6 Å². The number of carbonyl (C=O) groups is 1. The van der Waals surface area contributed by atoms with E-state index in [1.165, 1.54) is 27.2 Å². The van der Waals surface area contributed by atoms with E-state index in [2.05, 4.69) is 41.3 Å². The fraction of sp³-hybridized carbons (Fsp3) is 0.318. The van der Waals surface area contributed by atoms with Crippen molar-refractivity contribution < 1.29 is 9.90 Å². The number of benzene rings is 2. The minimum absolute atomic E-state index is 0.254. The molecule has 0 spiro atoms. The maximum Gasteiger partial charge on any atom is 0.307 e. The summed E-state index contributed by atoms with van der Waals surface area (Å²) in [6.45, 7) is 2.33. The van der Waals surface area contributed by atoms with E-state index in [-0.39, 0.29) is 5.92 Å². The predicted molar refractivity (Wildman–Crippen MR) is 111 cm³/mol. The SMILES string of the molecule is O=C(O)C1CCCN(C/C=C2/c3ccccc3CSc3ccc(Cl)cc32)C1. The van der Waals surface area contributed by atoms with E-state index in [4.69, 9.17) is 11.6 Å². The van der Waals surface area contributed by atoms with Crippen LogP contribution in [0.4, 0.5) is 0 Å². The Balaban J connectivity index is 1.69. The van der Waals surface area contributed by atoms with E-state index in [0.29, 0.717) is 6.54 Å². The number of halogens is 1. The molecule has 4 rings (SSSR count). The first-order valence-electron chi connectivity index (χ1n) is 9.28. The van der Waals surface area contributed by atoms with Gasteiger partial charge in [-0.05, 0) is 59.8 Å². The third-order valence-electron chi connectivity index (χ3n) is 5.33. The van der Waals surface area contributed by atoms with Gasteiger partial charge in [-0.15, -0.1) is 11.8 Å². The van der Waals surface area contributed by atoms with E-state index in [0.717, 1.165) is 36.7 Å². The van der Waals surface area contributed by atoms with Crippen LogP contribution < -0.4 is 0 Å². The first kappa shape index (κ1) is 18.6. The van der Waals surface area contributed by atoms with Crippen LogP contribution in [0.2, 0.25) is 5.02 Å². The fourth-order valence-corrected chi connectivity index (χ4v) is 5.13. The van der Waals surface area contributed by atoms with Gasteiger partial charge in [0, 0.05) is 28.8 Å². The Bertz CT molecular complexity index is 896. The summed E-state index contributed by atoms with van der Waals surface area (Å²) in [7, 11) is 0. The standard InChI is InChI=1S/C22H22ClNO2S/c23-17-7-8-21-20(12-17)19(18-6-2-1-4-16(18)14-27-21)9-11-24-10-3-5-15(13-24)22(25)26/h1-2,4,6-9,12,15H,3,5,10-11,13-14H2,(H,25,26)/b19-9-. The largest absolute Gasteiger partial charge is 0.481 e. The molecular weight excluding hydrogens is 378 g/mol. The van der Waals surface area contributed by atoms with Crippen LogP contribution in [0, 0.1) is 5.92 Å². The fourth-order valence-electron chi connectivity index (χ4n) is 3.91. The molecule has 2 aromatic rings. The summed E-state index contributed by atoms with van der Waals surface area (Å²) >= 11 is 8.15. The molecule has 2 aliphatic rings. The molecule has 0 amide bonds. The van der Waals surface area contributed by atoms with Crippen molar-refractivity contribution in [2.45, 2.75) is 23.5 Å². The smallest absolute Gasteiger partial charge is 0.307 e. The van der Waals surface area contributed by atoms with Gasteiger partial charge in [0.25, 0.3) is 0 Å². The molecule has 0 aromatic heterocycles. The number of aliphatic carboxylic acids is 1. The number of hydrogen-bond donors (Lipinski definition) is 1. The van der Waals surface area contributed by atoms with Gasteiger partial charge in [0.15, 0.2) is 0 Å². The number of nitrogens with zero attached hydrogens (tertiary/aromatic N) is 1. The number of fused-ring (bicyclic) bond motifs is 2. The zero-order chi connectivity index (χ0) is 18.8. The Kier molecular flexibility index (Phi) is 5.58. The highest BCUT2D eigenvalue weighted by atomic mass is 35.5. The molecule has 140 valence electrons. The number of likely N-dealkylation sites (tertiary alicyclic amines) is 1. The third-order valence-corrected chi connectivity index (χ3v) is 6.69. The van der Waals surface area contributed by atoms with Gasteiger partial charge in [0.2, 0.25) is 0 Å². The molecule has 1 saturated heterocycles. The van der Waals surface area contributed by atoms with Gasteiger partial charge in [0.1, 0.15) is 0 Å². The highest BCUT2D eigenvalue weighted by molar-refractivity contribution is 7.98. The Morgan fingerprint density at radius 1 is 1.26 bits per heavy atom. The van der Waals surface area contributed by atoms with E-state index in [9.17, 15) is 9.90 Å². The van der Waals surface area contributed by atoms with Crippen LogP contribution in [0.5, 0.6) is 0 Å². The van der Waals surface area contributed by atoms with E-state index in [1.54, 1.807) is 0 Å². The maximum absolute atomic E-state index is 11.4. The van der Waals surface area contributed by atoms with Crippen molar-refractivity contribution in [2.24, 2.45) is 5.92 Å². The van der Waals surface area contributed by atoms with Gasteiger partial charge in [0.05, 0.1) is 5.92 Å². The second-order valence-electron chi connectivity index (χ2n) is 7.14. The van der Waals surface area contributed by atoms with E-state index < -0.39 is 5.97 Å². The number of rotatable bonds is 3. The number of hydrogen-bond acceptors (Lipinski definition) is 3. The van der Waals surface area contributed by atoms with Crippen molar-refractivity contribution in [3.8, 4) is 0 Å². The third kappa shape index (κ3) is 4.08. The van der Waals surface area contributed by atoms with Crippen molar-refractivity contribution in [3.63, 3.8) is 0 Å². The van der Waals surface area contributed by atoms with Gasteiger partial charge in [-0.1, -0.05) is 41.9 Å². The number of carboxylic acids is 1. The zero-order valence-electron chi connectivity index (χ0n) is 15.0. The van der Waals surface area contributed by atoms with Gasteiger partial charge >= 0.3 is 5.97 Å². The molecule has 1 atom stereocenters. The second kappa shape index (κ2) is 8.09. The predicted octanol–water partition coefficient (Wildman–Crippen LogP) is 5.17. The van der Waals surface area contributed by atoms with Crippen LogP contribution in [0.3, 0.4) is 0 Å². The Morgan fingerprint density at radius 2 is 2.11 bits per heavy atom. The van der Waals surface area contributed by atoms with Crippen molar-refractivity contribution in [2.75, 3.05) is 19.6 Å². The molecule has 3 nitrogen and oxygen atoms in total. The van der Waals surface area contributed by atoms with Gasteiger partial charge < -0.3 is 5.11 Å². The van der Waals surface area contributed by atoms with E-state index in [1.807, 2.05) is 23.9 Å². The average Bonchev–Trinajstić information content (AvgIpc) is 2.83. The molecule has 0 aliphatic carbocycles. The molecule has 0 radical (unpaired) electrons. The normalized spacial score (nSPS) is 21.4. The molecule has 2 heterocycles. The molecule has 1 fully saturated rings. The molecule has 2 aromatic carbocycles. The lowest BCUT2D eigenvalue weighted by Gasteiger charge is -2.30. The molecule has 0 bridgehead atoms. The first-order valence-corrected chi connectivity index (χ1v) is 10.6. The minimum atomic E-state index is -0.680. The Hall–Kier alpha value is -1.75. The van der Waals surface area contributed by atoms with Crippen LogP contribution in [0.15, 0.2) is 53.4 Å². The number of thioether (sulfide) groups is 1.